The van der Waals surface area contributed by atoms with Gasteiger partial charge in [-0.25, -0.2) is 4.79 Å². The van der Waals surface area contributed by atoms with Crippen molar-refractivity contribution >= 4 is 14.1 Å². The van der Waals surface area contributed by atoms with E-state index in [1.54, 1.807) is 11.1 Å². The molecule has 1 atom stereocenters. The van der Waals surface area contributed by atoms with Gasteiger partial charge in [0.15, 0.2) is 0 Å². The van der Waals surface area contributed by atoms with E-state index in [0.717, 1.165) is 11.3 Å². The van der Waals surface area contributed by atoms with Crippen LogP contribution in [0.2, 0.25) is 19.6 Å². The number of carbonyl (C=O) groups excluding carboxylic acids is 1. The summed E-state index contributed by atoms with van der Waals surface area (Å²) in [5, 5.41) is 2.98. The van der Waals surface area contributed by atoms with Crippen molar-refractivity contribution in [1.82, 2.24) is 15.2 Å². The van der Waals surface area contributed by atoms with E-state index < -0.39 is 8.07 Å². The van der Waals surface area contributed by atoms with Crippen LogP contribution in [0, 0.1) is 11.5 Å². The van der Waals surface area contributed by atoms with Crippen LogP contribution in [0.4, 0.5) is 4.79 Å². The van der Waals surface area contributed by atoms with Gasteiger partial charge in [0.05, 0.1) is 17.3 Å². The van der Waals surface area contributed by atoms with Gasteiger partial charge in [0.2, 0.25) is 0 Å². The van der Waals surface area contributed by atoms with Crippen molar-refractivity contribution in [2.24, 2.45) is 0 Å². The third-order valence-corrected chi connectivity index (χ3v) is 4.68. The lowest BCUT2D eigenvalue weighted by Crippen LogP contribution is -2.40. The number of rotatable bonds is 1. The highest BCUT2D eigenvalue weighted by atomic mass is 28.3. The quantitative estimate of drug-likeness (QED) is 0.640. The van der Waals surface area contributed by atoms with Gasteiger partial charge in [-0.15, -0.1) is 5.54 Å². The minimum absolute atomic E-state index is 0.0607. The lowest BCUT2D eigenvalue weighted by atomic mass is 9.92. The Kier molecular flexibility index (Phi) is 3.85. The van der Waals surface area contributed by atoms with Gasteiger partial charge >= 0.3 is 6.03 Å². The number of nitrogens with zero attached hydrogens (tertiary/aromatic N) is 2. The number of aromatic nitrogens is 1. The number of hydrogen-bond acceptors (Lipinski definition) is 2. The summed E-state index contributed by atoms with van der Waals surface area (Å²) in [6.45, 7) is 10.7. The summed E-state index contributed by atoms with van der Waals surface area (Å²) in [5.41, 5.74) is 4.83. The summed E-state index contributed by atoms with van der Waals surface area (Å²) < 4.78 is 0. The molecule has 1 N–H and O–H groups in total. The molecule has 1 saturated heterocycles. The Bertz CT molecular complexity index is 605. The summed E-state index contributed by atoms with van der Waals surface area (Å²) in [5.74, 6) is 3.19. The van der Waals surface area contributed by atoms with Crippen LogP contribution >= 0.6 is 0 Å². The van der Waals surface area contributed by atoms with Crippen molar-refractivity contribution in [2.45, 2.75) is 45.1 Å². The number of amides is 2. The van der Waals surface area contributed by atoms with Crippen LogP contribution < -0.4 is 5.32 Å². The van der Waals surface area contributed by atoms with Crippen LogP contribution in [0.25, 0.3) is 0 Å². The second-order valence-electron chi connectivity index (χ2n) is 7.07. The molecule has 5 heteroatoms. The molecule has 0 bridgehead atoms. The number of nitrogens with one attached hydrogen (secondary N) is 1. The molecule has 0 aromatic carbocycles. The Morgan fingerprint density at radius 1 is 1.33 bits per heavy atom. The van der Waals surface area contributed by atoms with Gasteiger partial charge in [-0.3, -0.25) is 4.98 Å². The largest absolute Gasteiger partial charge is 0.327 e. The fourth-order valence-electron chi connectivity index (χ4n) is 2.20. The summed E-state index contributed by atoms with van der Waals surface area (Å²) >= 11 is 0. The predicted octanol–water partition coefficient (Wildman–Crippen LogP) is 2.79. The SMILES string of the molecule is CN1C(=O)NC(c2ccc(C#C[Si](C)(C)C)cn2)C1(C)C. The lowest BCUT2D eigenvalue weighted by Gasteiger charge is -2.30. The molecule has 1 aliphatic rings. The molecule has 1 aliphatic heterocycles. The van der Waals surface area contributed by atoms with E-state index in [2.05, 4.69) is 41.4 Å². The topological polar surface area (TPSA) is 45.2 Å². The molecule has 1 aromatic heterocycles. The molecule has 1 aromatic rings. The number of urea groups is 1. The Morgan fingerprint density at radius 3 is 2.43 bits per heavy atom. The van der Waals surface area contributed by atoms with E-state index in [9.17, 15) is 4.79 Å². The zero-order valence-corrected chi connectivity index (χ0v) is 14.6. The first-order chi connectivity index (χ1) is 9.61. The highest BCUT2D eigenvalue weighted by Gasteiger charge is 2.45. The standard InChI is InChI=1S/C16H23N3OSi/c1-16(2)14(18-15(20)19(16)3)13-8-7-12(11-17-13)9-10-21(4,5)6/h7-8,11,14H,1-6H3,(H,18,20). The molecular formula is C16H23N3OSi. The van der Waals surface area contributed by atoms with Gasteiger partial charge in [-0.1, -0.05) is 25.6 Å². The van der Waals surface area contributed by atoms with Gasteiger partial charge in [0, 0.05) is 18.8 Å². The highest BCUT2D eigenvalue weighted by molar-refractivity contribution is 6.83. The Morgan fingerprint density at radius 2 is 2.00 bits per heavy atom. The first kappa shape index (κ1) is 15.6. The van der Waals surface area contributed by atoms with Gasteiger partial charge in [-0.05, 0) is 26.0 Å². The summed E-state index contributed by atoms with van der Waals surface area (Å²) in [4.78, 5) is 18.0. The Balaban J connectivity index is 2.24. The zero-order valence-electron chi connectivity index (χ0n) is 13.6. The molecule has 1 unspecified atom stereocenters. The highest BCUT2D eigenvalue weighted by Crippen LogP contribution is 2.34. The van der Waals surface area contributed by atoms with Crippen molar-refractivity contribution < 1.29 is 4.79 Å². The second-order valence-corrected chi connectivity index (χ2v) is 11.8. The predicted molar refractivity (Wildman–Crippen MR) is 87.6 cm³/mol. The van der Waals surface area contributed by atoms with E-state index in [4.69, 9.17) is 0 Å². The van der Waals surface area contributed by atoms with Crippen molar-refractivity contribution in [2.75, 3.05) is 7.05 Å². The first-order valence-corrected chi connectivity index (χ1v) is 10.6. The molecule has 1 fully saturated rings. The molecule has 0 aliphatic carbocycles. The molecule has 2 rings (SSSR count). The van der Waals surface area contributed by atoms with Gasteiger partial charge in [-0.2, -0.15) is 0 Å². The fourth-order valence-corrected chi connectivity index (χ4v) is 2.72. The maximum Gasteiger partial charge on any atom is 0.318 e. The summed E-state index contributed by atoms with van der Waals surface area (Å²) in [7, 11) is 0.436. The summed E-state index contributed by atoms with van der Waals surface area (Å²) in [6, 6.07) is 3.78. The monoisotopic (exact) mass is 301 g/mol. The Hall–Kier alpha value is -1.80. The number of carbonyl (C=O) groups is 1. The normalized spacial score (nSPS) is 20.8. The van der Waals surface area contributed by atoms with E-state index in [1.807, 2.05) is 33.0 Å². The molecular weight excluding hydrogens is 278 g/mol. The van der Waals surface area contributed by atoms with Crippen LogP contribution in [0.5, 0.6) is 0 Å². The number of hydrogen-bond donors (Lipinski definition) is 1. The molecule has 21 heavy (non-hydrogen) atoms. The molecule has 4 nitrogen and oxygen atoms in total. The maximum atomic E-state index is 11.8. The van der Waals surface area contributed by atoms with Crippen molar-refractivity contribution in [1.29, 1.82) is 0 Å². The number of pyridine rings is 1. The smallest absolute Gasteiger partial charge is 0.318 e. The molecule has 0 spiro atoms. The van der Waals surface area contributed by atoms with Gasteiger partial charge < -0.3 is 10.2 Å². The first-order valence-electron chi connectivity index (χ1n) is 7.15. The summed E-state index contributed by atoms with van der Waals surface area (Å²) in [6.07, 6.45) is 1.79. The third kappa shape index (κ3) is 3.27. The zero-order chi connectivity index (χ0) is 15.8. The van der Waals surface area contributed by atoms with Crippen LogP contribution in [0.3, 0.4) is 0 Å². The van der Waals surface area contributed by atoms with Crippen LogP contribution in [0.1, 0.15) is 31.1 Å². The fraction of sp³-hybridized carbons (Fsp3) is 0.500. The van der Waals surface area contributed by atoms with Gasteiger partial charge in [0.1, 0.15) is 8.07 Å². The van der Waals surface area contributed by atoms with Crippen LogP contribution in [-0.4, -0.2) is 36.6 Å². The van der Waals surface area contributed by atoms with E-state index in [-0.39, 0.29) is 17.6 Å². The van der Waals surface area contributed by atoms with Crippen molar-refractivity contribution in [3.05, 3.63) is 29.6 Å². The average molecular weight is 301 g/mol. The van der Waals surface area contributed by atoms with E-state index >= 15 is 0 Å². The molecule has 2 heterocycles. The third-order valence-electron chi connectivity index (χ3n) is 3.81. The second kappa shape index (κ2) is 5.19. The van der Waals surface area contributed by atoms with E-state index in [0.29, 0.717) is 0 Å². The van der Waals surface area contributed by atoms with Crippen LogP contribution in [0.15, 0.2) is 18.3 Å². The molecule has 0 saturated carbocycles. The van der Waals surface area contributed by atoms with Crippen LogP contribution in [-0.2, 0) is 0 Å². The average Bonchev–Trinajstić information content (AvgIpc) is 2.60. The minimum Gasteiger partial charge on any atom is -0.327 e. The van der Waals surface area contributed by atoms with Crippen molar-refractivity contribution in [3.8, 4) is 11.5 Å². The molecule has 2 amide bonds. The maximum absolute atomic E-state index is 11.8. The lowest BCUT2D eigenvalue weighted by molar-refractivity contribution is 0.187. The molecule has 112 valence electrons. The number of likely N-dealkylation sites (N-methyl/N-ethyl adjacent to an activating group) is 1. The Labute approximate surface area is 128 Å². The minimum atomic E-state index is -1.37. The van der Waals surface area contributed by atoms with Crippen molar-refractivity contribution in [3.63, 3.8) is 0 Å². The molecule has 0 radical (unpaired) electrons. The van der Waals surface area contributed by atoms with E-state index in [1.165, 1.54) is 0 Å². The van der Waals surface area contributed by atoms with Gasteiger partial charge in [0.25, 0.3) is 0 Å².